The molecule has 0 aliphatic rings. The van der Waals surface area contributed by atoms with Crippen LogP contribution < -0.4 is 11.3 Å². The molecule has 0 saturated heterocycles. The van der Waals surface area contributed by atoms with Crippen molar-refractivity contribution in [1.82, 2.24) is 5.43 Å². The third kappa shape index (κ3) is 3.06. The number of rotatable bonds is 4. The minimum absolute atomic E-state index is 0.181. The summed E-state index contributed by atoms with van der Waals surface area (Å²) in [6.07, 6.45) is 0.665. The molecule has 0 radical (unpaired) electrons. The summed E-state index contributed by atoms with van der Waals surface area (Å²) in [5.74, 6) is 5.44. The zero-order valence-corrected chi connectivity index (χ0v) is 12.2. The molecule has 106 valence electrons. The maximum absolute atomic E-state index is 14.2. The maximum atomic E-state index is 14.2. The van der Waals surface area contributed by atoms with Crippen molar-refractivity contribution in [2.45, 2.75) is 33.2 Å². The number of hydrogen-bond donors (Lipinski definition) is 2. The summed E-state index contributed by atoms with van der Waals surface area (Å²) in [4.78, 5) is 0. The van der Waals surface area contributed by atoms with Crippen LogP contribution in [-0.4, -0.2) is 0 Å². The minimum atomic E-state index is -0.225. The van der Waals surface area contributed by atoms with E-state index in [2.05, 4.69) is 37.5 Å². The van der Waals surface area contributed by atoms with Crippen LogP contribution in [0.25, 0.3) is 0 Å². The Kier molecular flexibility index (Phi) is 4.53. The second-order valence-corrected chi connectivity index (χ2v) is 5.32. The lowest BCUT2D eigenvalue weighted by Crippen LogP contribution is -2.30. The maximum Gasteiger partial charge on any atom is 0.130 e. The summed E-state index contributed by atoms with van der Waals surface area (Å²) in [5, 5.41) is 0. The van der Waals surface area contributed by atoms with Gasteiger partial charge in [0.05, 0.1) is 6.04 Å². The van der Waals surface area contributed by atoms with Gasteiger partial charge in [0.1, 0.15) is 5.82 Å². The summed E-state index contributed by atoms with van der Waals surface area (Å²) < 4.78 is 14.2. The van der Waals surface area contributed by atoms with E-state index in [1.807, 2.05) is 6.07 Å². The fourth-order valence-electron chi connectivity index (χ4n) is 2.36. The minimum Gasteiger partial charge on any atom is -0.271 e. The van der Waals surface area contributed by atoms with E-state index in [4.69, 9.17) is 5.84 Å². The van der Waals surface area contributed by atoms with Crippen LogP contribution in [0.5, 0.6) is 0 Å². The first kappa shape index (κ1) is 14.7. The number of nitrogens with two attached hydrogens (primary N) is 1. The monoisotopic (exact) mass is 272 g/mol. The fourth-order valence-corrected chi connectivity index (χ4v) is 2.36. The molecule has 0 bridgehead atoms. The standard InChI is InChI=1S/C17H21FN2/c1-11-7-8-14(9-13(11)3)10-16(20-19)15-6-4-5-12(2)17(15)18/h4-9,16,20H,10,19H2,1-3H3. The van der Waals surface area contributed by atoms with Gasteiger partial charge in [0.2, 0.25) is 0 Å². The van der Waals surface area contributed by atoms with E-state index in [0.29, 0.717) is 17.5 Å². The van der Waals surface area contributed by atoms with Crippen LogP contribution in [0.2, 0.25) is 0 Å². The summed E-state index contributed by atoms with van der Waals surface area (Å²) in [7, 11) is 0. The molecule has 1 atom stereocenters. The average Bonchev–Trinajstić information content (AvgIpc) is 2.43. The zero-order valence-electron chi connectivity index (χ0n) is 12.2. The highest BCUT2D eigenvalue weighted by atomic mass is 19.1. The smallest absolute Gasteiger partial charge is 0.130 e. The van der Waals surface area contributed by atoms with E-state index in [1.54, 1.807) is 19.1 Å². The normalized spacial score (nSPS) is 12.4. The molecule has 3 heteroatoms. The molecule has 3 N–H and O–H groups in total. The Morgan fingerprint density at radius 2 is 1.80 bits per heavy atom. The van der Waals surface area contributed by atoms with E-state index >= 15 is 0 Å². The molecule has 0 aromatic heterocycles. The second kappa shape index (κ2) is 6.16. The summed E-state index contributed by atoms with van der Waals surface area (Å²) in [6, 6.07) is 11.5. The largest absolute Gasteiger partial charge is 0.271 e. The SMILES string of the molecule is Cc1ccc(CC(NN)c2cccc(C)c2F)cc1C. The molecule has 0 fully saturated rings. The van der Waals surface area contributed by atoms with Gasteiger partial charge in [0.25, 0.3) is 0 Å². The molecule has 2 aromatic carbocycles. The first-order valence-corrected chi connectivity index (χ1v) is 6.80. The Labute approximate surface area is 119 Å². The van der Waals surface area contributed by atoms with Gasteiger partial charge >= 0.3 is 0 Å². The summed E-state index contributed by atoms with van der Waals surface area (Å²) in [5.41, 5.74) is 7.63. The average molecular weight is 272 g/mol. The van der Waals surface area contributed by atoms with Gasteiger partial charge in [0, 0.05) is 5.56 Å². The van der Waals surface area contributed by atoms with Gasteiger partial charge in [-0.15, -0.1) is 0 Å². The Balaban J connectivity index is 2.28. The summed E-state index contributed by atoms with van der Waals surface area (Å²) in [6.45, 7) is 5.93. The number of hydrazine groups is 1. The van der Waals surface area contributed by atoms with Crippen LogP contribution >= 0.6 is 0 Å². The van der Waals surface area contributed by atoms with Crippen LogP contribution in [0.1, 0.15) is 33.9 Å². The second-order valence-electron chi connectivity index (χ2n) is 5.32. The topological polar surface area (TPSA) is 38.0 Å². The van der Waals surface area contributed by atoms with Crippen molar-refractivity contribution in [3.63, 3.8) is 0 Å². The van der Waals surface area contributed by atoms with E-state index in [-0.39, 0.29) is 11.9 Å². The Bertz CT molecular complexity index is 608. The van der Waals surface area contributed by atoms with Crippen molar-refractivity contribution >= 4 is 0 Å². The number of aryl methyl sites for hydroxylation is 3. The van der Waals surface area contributed by atoms with Crippen molar-refractivity contribution < 1.29 is 4.39 Å². The van der Waals surface area contributed by atoms with Crippen molar-refractivity contribution in [1.29, 1.82) is 0 Å². The molecular weight excluding hydrogens is 251 g/mol. The van der Waals surface area contributed by atoms with E-state index < -0.39 is 0 Å². The molecule has 2 aromatic rings. The molecule has 1 unspecified atom stereocenters. The highest BCUT2D eigenvalue weighted by Gasteiger charge is 2.16. The van der Waals surface area contributed by atoms with Gasteiger partial charge in [-0.1, -0.05) is 36.4 Å². The van der Waals surface area contributed by atoms with Crippen molar-refractivity contribution in [3.05, 3.63) is 70.0 Å². The molecule has 0 amide bonds. The molecule has 0 aliphatic heterocycles. The van der Waals surface area contributed by atoms with Crippen LogP contribution in [0.3, 0.4) is 0 Å². The Morgan fingerprint density at radius 3 is 2.45 bits per heavy atom. The van der Waals surface area contributed by atoms with E-state index in [0.717, 1.165) is 5.56 Å². The van der Waals surface area contributed by atoms with Crippen molar-refractivity contribution in [3.8, 4) is 0 Å². The third-order valence-corrected chi connectivity index (χ3v) is 3.81. The van der Waals surface area contributed by atoms with Crippen LogP contribution in [0.15, 0.2) is 36.4 Å². The Hall–Kier alpha value is -1.71. The van der Waals surface area contributed by atoms with Crippen LogP contribution in [0.4, 0.5) is 4.39 Å². The Morgan fingerprint density at radius 1 is 1.05 bits per heavy atom. The highest BCUT2D eigenvalue weighted by molar-refractivity contribution is 5.33. The van der Waals surface area contributed by atoms with Crippen molar-refractivity contribution in [2.24, 2.45) is 5.84 Å². The van der Waals surface area contributed by atoms with Gasteiger partial charge in [-0.25, -0.2) is 4.39 Å². The molecule has 0 spiro atoms. The first-order valence-electron chi connectivity index (χ1n) is 6.80. The highest BCUT2D eigenvalue weighted by Crippen LogP contribution is 2.23. The number of hydrogen-bond acceptors (Lipinski definition) is 2. The fraction of sp³-hybridized carbons (Fsp3) is 0.294. The van der Waals surface area contributed by atoms with Crippen LogP contribution in [-0.2, 0) is 6.42 Å². The van der Waals surface area contributed by atoms with Gasteiger partial charge in [-0.3, -0.25) is 11.3 Å². The lowest BCUT2D eigenvalue weighted by Gasteiger charge is -2.18. The van der Waals surface area contributed by atoms with Crippen molar-refractivity contribution in [2.75, 3.05) is 0 Å². The number of halogens is 1. The molecule has 2 nitrogen and oxygen atoms in total. The van der Waals surface area contributed by atoms with Gasteiger partial charge in [-0.2, -0.15) is 0 Å². The molecule has 0 heterocycles. The molecule has 0 saturated carbocycles. The number of nitrogens with one attached hydrogen (secondary N) is 1. The van der Waals surface area contributed by atoms with Crippen LogP contribution in [0, 0.1) is 26.6 Å². The number of benzene rings is 2. The summed E-state index contributed by atoms with van der Waals surface area (Å²) >= 11 is 0. The molecule has 0 aliphatic carbocycles. The van der Waals surface area contributed by atoms with Gasteiger partial charge in [0.15, 0.2) is 0 Å². The molecule has 20 heavy (non-hydrogen) atoms. The lowest BCUT2D eigenvalue weighted by atomic mass is 9.95. The van der Waals surface area contributed by atoms with E-state index in [9.17, 15) is 4.39 Å². The van der Waals surface area contributed by atoms with Gasteiger partial charge < -0.3 is 0 Å². The lowest BCUT2D eigenvalue weighted by molar-refractivity contribution is 0.507. The quantitative estimate of drug-likeness (QED) is 0.660. The first-order chi connectivity index (χ1) is 9.52. The van der Waals surface area contributed by atoms with Gasteiger partial charge in [-0.05, 0) is 49.4 Å². The molecule has 2 rings (SSSR count). The predicted molar refractivity (Wildman–Crippen MR) is 80.8 cm³/mol. The zero-order chi connectivity index (χ0) is 14.7. The molecular formula is C17H21FN2. The predicted octanol–water partition coefficient (Wildman–Crippen LogP) is 3.50. The van der Waals surface area contributed by atoms with E-state index in [1.165, 1.54) is 11.1 Å². The third-order valence-electron chi connectivity index (χ3n) is 3.81.